The zero-order valence-electron chi connectivity index (χ0n) is 12.5. The summed E-state index contributed by atoms with van der Waals surface area (Å²) in [6.45, 7) is 0. The highest BCUT2D eigenvalue weighted by Crippen LogP contribution is 2.32. The van der Waals surface area contributed by atoms with Crippen LogP contribution in [0, 0.1) is 0 Å². The van der Waals surface area contributed by atoms with E-state index in [2.05, 4.69) is 10.6 Å². The maximum atomic E-state index is 12.3. The molecule has 0 bridgehead atoms. The first-order chi connectivity index (χ1) is 11.1. The highest BCUT2D eigenvalue weighted by Gasteiger charge is 2.31. The number of benzene rings is 2. The third kappa shape index (κ3) is 3.25. The van der Waals surface area contributed by atoms with E-state index in [-0.39, 0.29) is 0 Å². The predicted molar refractivity (Wildman–Crippen MR) is 89.1 cm³/mol. The molecule has 2 amide bonds. The zero-order chi connectivity index (χ0) is 16.4. The Bertz CT molecular complexity index is 736. The van der Waals surface area contributed by atoms with Gasteiger partial charge >= 0.3 is 6.03 Å². The van der Waals surface area contributed by atoms with E-state index >= 15 is 0 Å². The lowest BCUT2D eigenvalue weighted by molar-refractivity contribution is 0.144. The van der Waals surface area contributed by atoms with Crippen LogP contribution in [0.2, 0.25) is 5.02 Å². The molecular formula is C17H17ClN2O3. The van der Waals surface area contributed by atoms with Crippen LogP contribution in [0.4, 0.5) is 10.5 Å². The van der Waals surface area contributed by atoms with Crippen molar-refractivity contribution in [2.75, 3.05) is 12.4 Å². The average molecular weight is 333 g/mol. The molecular weight excluding hydrogens is 316 g/mol. The Balaban J connectivity index is 1.74. The maximum Gasteiger partial charge on any atom is 0.319 e. The third-order valence-electron chi connectivity index (χ3n) is 3.90. The van der Waals surface area contributed by atoms with Crippen LogP contribution >= 0.6 is 11.6 Å². The van der Waals surface area contributed by atoms with E-state index in [0.29, 0.717) is 22.9 Å². The molecule has 23 heavy (non-hydrogen) atoms. The van der Waals surface area contributed by atoms with Crippen LogP contribution in [0.3, 0.4) is 0 Å². The number of carbonyl (C=O) groups excluding carboxylic acids is 1. The van der Waals surface area contributed by atoms with Gasteiger partial charge in [0.05, 0.1) is 24.9 Å². The Morgan fingerprint density at radius 3 is 2.87 bits per heavy atom. The van der Waals surface area contributed by atoms with Crippen molar-refractivity contribution in [1.82, 2.24) is 5.32 Å². The number of fused-ring (bicyclic) bond motifs is 1. The number of ether oxygens (including phenoxy) is 1. The fourth-order valence-electron chi connectivity index (χ4n) is 2.83. The number of anilines is 1. The molecule has 0 saturated heterocycles. The van der Waals surface area contributed by atoms with E-state index in [4.69, 9.17) is 16.3 Å². The predicted octanol–water partition coefficient (Wildman–Crippen LogP) is 3.13. The van der Waals surface area contributed by atoms with Crippen LogP contribution in [-0.2, 0) is 6.42 Å². The van der Waals surface area contributed by atoms with Gasteiger partial charge in [-0.15, -0.1) is 0 Å². The summed E-state index contributed by atoms with van der Waals surface area (Å²) in [4.78, 5) is 12.3. The second-order valence-corrected chi connectivity index (χ2v) is 5.83. The summed E-state index contributed by atoms with van der Waals surface area (Å²) in [5.41, 5.74) is 2.46. The van der Waals surface area contributed by atoms with Crippen LogP contribution in [0.15, 0.2) is 42.5 Å². The first-order valence-corrected chi connectivity index (χ1v) is 7.63. The number of urea groups is 1. The molecule has 3 rings (SSSR count). The van der Waals surface area contributed by atoms with E-state index in [9.17, 15) is 9.90 Å². The first kappa shape index (κ1) is 15.6. The molecule has 5 nitrogen and oxygen atoms in total. The van der Waals surface area contributed by atoms with E-state index in [1.807, 2.05) is 24.3 Å². The summed E-state index contributed by atoms with van der Waals surface area (Å²) in [5.74, 6) is 0.511. The SMILES string of the molecule is COc1ccc(Cl)cc1NC(=O)N[C@@H]1c2ccccc2C[C@@H]1O. The van der Waals surface area contributed by atoms with Crippen molar-refractivity contribution in [2.45, 2.75) is 18.6 Å². The normalized spacial score (nSPS) is 19.1. The molecule has 2 atom stereocenters. The minimum Gasteiger partial charge on any atom is -0.495 e. The van der Waals surface area contributed by atoms with Crippen LogP contribution in [0.1, 0.15) is 17.2 Å². The molecule has 0 saturated carbocycles. The second kappa shape index (κ2) is 6.48. The summed E-state index contributed by atoms with van der Waals surface area (Å²) in [6.07, 6.45) is -0.110. The molecule has 0 aromatic heterocycles. The number of nitrogens with one attached hydrogen (secondary N) is 2. The zero-order valence-corrected chi connectivity index (χ0v) is 13.3. The summed E-state index contributed by atoms with van der Waals surface area (Å²) in [7, 11) is 1.52. The molecule has 2 aromatic rings. The Morgan fingerprint density at radius 1 is 1.30 bits per heavy atom. The standard InChI is InChI=1S/C17H17ClN2O3/c1-23-15-7-6-11(18)9-13(15)19-17(22)20-16-12-5-3-2-4-10(12)8-14(16)21/h2-7,9,14,16,21H,8H2,1H3,(H2,19,20,22)/t14-,16+/m0/s1. The first-order valence-electron chi connectivity index (χ1n) is 7.25. The van der Waals surface area contributed by atoms with Crippen molar-refractivity contribution < 1.29 is 14.6 Å². The van der Waals surface area contributed by atoms with Gasteiger partial charge in [-0.2, -0.15) is 0 Å². The highest BCUT2D eigenvalue weighted by atomic mass is 35.5. The van der Waals surface area contributed by atoms with Gasteiger partial charge < -0.3 is 20.5 Å². The minimum atomic E-state index is -0.639. The van der Waals surface area contributed by atoms with Crippen LogP contribution in [0.25, 0.3) is 0 Å². The number of hydrogen-bond acceptors (Lipinski definition) is 3. The molecule has 0 fully saturated rings. The van der Waals surface area contributed by atoms with Gasteiger partial charge in [0.2, 0.25) is 0 Å². The van der Waals surface area contributed by atoms with Gasteiger partial charge in [0.25, 0.3) is 0 Å². The maximum absolute atomic E-state index is 12.3. The van der Waals surface area contributed by atoms with Crippen molar-refractivity contribution >= 4 is 23.3 Å². The van der Waals surface area contributed by atoms with Crippen molar-refractivity contribution in [1.29, 1.82) is 0 Å². The Kier molecular flexibility index (Phi) is 4.41. The minimum absolute atomic E-state index is 0.425. The van der Waals surface area contributed by atoms with E-state index in [1.165, 1.54) is 7.11 Å². The summed E-state index contributed by atoms with van der Waals surface area (Å²) in [6, 6.07) is 11.8. The molecule has 2 aromatic carbocycles. The average Bonchev–Trinajstić information content (AvgIpc) is 2.83. The Morgan fingerprint density at radius 2 is 2.09 bits per heavy atom. The fourth-order valence-corrected chi connectivity index (χ4v) is 3.00. The number of halogens is 1. The topological polar surface area (TPSA) is 70.6 Å². The Hall–Kier alpha value is -2.24. The molecule has 0 radical (unpaired) electrons. The van der Waals surface area contributed by atoms with Crippen molar-refractivity contribution in [3.8, 4) is 5.75 Å². The lowest BCUT2D eigenvalue weighted by Crippen LogP contribution is -2.36. The number of rotatable bonds is 3. The number of methoxy groups -OCH3 is 1. The lowest BCUT2D eigenvalue weighted by Gasteiger charge is -2.19. The molecule has 6 heteroatoms. The Labute approximate surface area is 139 Å². The van der Waals surface area contributed by atoms with Gasteiger partial charge in [-0.1, -0.05) is 35.9 Å². The monoisotopic (exact) mass is 332 g/mol. The smallest absolute Gasteiger partial charge is 0.319 e. The second-order valence-electron chi connectivity index (χ2n) is 5.39. The number of aliphatic hydroxyl groups excluding tert-OH is 1. The molecule has 1 aliphatic rings. The molecule has 0 heterocycles. The van der Waals surface area contributed by atoms with E-state index in [1.54, 1.807) is 18.2 Å². The van der Waals surface area contributed by atoms with E-state index < -0.39 is 18.2 Å². The van der Waals surface area contributed by atoms with Gasteiger partial charge in [0.15, 0.2) is 0 Å². The highest BCUT2D eigenvalue weighted by molar-refractivity contribution is 6.31. The summed E-state index contributed by atoms with van der Waals surface area (Å²) < 4.78 is 5.20. The molecule has 3 N–H and O–H groups in total. The van der Waals surface area contributed by atoms with Gasteiger partial charge in [-0.25, -0.2) is 4.79 Å². The van der Waals surface area contributed by atoms with Gasteiger partial charge in [0.1, 0.15) is 5.75 Å². The molecule has 0 unspecified atom stereocenters. The van der Waals surface area contributed by atoms with Crippen molar-refractivity contribution in [2.24, 2.45) is 0 Å². The van der Waals surface area contributed by atoms with E-state index in [0.717, 1.165) is 11.1 Å². The van der Waals surface area contributed by atoms with Crippen LogP contribution in [-0.4, -0.2) is 24.4 Å². The number of aliphatic hydroxyl groups is 1. The number of carbonyl (C=O) groups is 1. The fraction of sp³-hybridized carbons (Fsp3) is 0.235. The summed E-state index contributed by atoms with van der Waals surface area (Å²) in [5, 5.41) is 16.2. The van der Waals surface area contributed by atoms with Crippen molar-refractivity contribution in [3.05, 3.63) is 58.6 Å². The van der Waals surface area contributed by atoms with Gasteiger partial charge in [-0.3, -0.25) is 0 Å². The molecule has 0 aliphatic heterocycles. The van der Waals surface area contributed by atoms with Crippen LogP contribution in [0.5, 0.6) is 5.75 Å². The molecule has 0 spiro atoms. The van der Waals surface area contributed by atoms with Gasteiger partial charge in [-0.05, 0) is 29.3 Å². The quantitative estimate of drug-likeness (QED) is 0.808. The third-order valence-corrected chi connectivity index (χ3v) is 4.14. The number of hydrogen-bond donors (Lipinski definition) is 3. The van der Waals surface area contributed by atoms with Crippen molar-refractivity contribution in [3.63, 3.8) is 0 Å². The largest absolute Gasteiger partial charge is 0.495 e. The number of amides is 2. The molecule has 1 aliphatic carbocycles. The van der Waals surface area contributed by atoms with Crippen LogP contribution < -0.4 is 15.4 Å². The van der Waals surface area contributed by atoms with Gasteiger partial charge in [0, 0.05) is 11.4 Å². The lowest BCUT2D eigenvalue weighted by atomic mass is 10.1. The molecule has 120 valence electrons. The summed E-state index contributed by atoms with van der Waals surface area (Å²) >= 11 is 5.95.